The van der Waals surface area contributed by atoms with E-state index in [1.165, 1.54) is 17.4 Å². The lowest BCUT2D eigenvalue weighted by molar-refractivity contribution is -0.124. The Bertz CT molecular complexity index is 1040. The SMILES string of the molecule is Cc1nc(-c2ccccc2)c(C(=O)OCC(=O)N[C@@H](C)c2ccc(F)cc2F)s1. The van der Waals surface area contributed by atoms with Gasteiger partial charge in [-0.05, 0) is 19.9 Å². The number of halogens is 2. The zero-order chi connectivity index (χ0) is 21.0. The van der Waals surface area contributed by atoms with Crippen LogP contribution in [0.3, 0.4) is 0 Å². The van der Waals surface area contributed by atoms with Crippen molar-refractivity contribution in [2.75, 3.05) is 6.61 Å². The van der Waals surface area contributed by atoms with Crippen LogP contribution >= 0.6 is 11.3 Å². The summed E-state index contributed by atoms with van der Waals surface area (Å²) in [7, 11) is 0. The van der Waals surface area contributed by atoms with Gasteiger partial charge in [-0.25, -0.2) is 18.6 Å². The molecule has 0 aliphatic carbocycles. The fourth-order valence-electron chi connectivity index (χ4n) is 2.77. The maximum atomic E-state index is 13.8. The number of nitrogens with zero attached hydrogens (tertiary/aromatic N) is 1. The lowest BCUT2D eigenvalue weighted by atomic mass is 10.1. The highest BCUT2D eigenvalue weighted by molar-refractivity contribution is 7.14. The number of nitrogens with one attached hydrogen (secondary N) is 1. The van der Waals surface area contributed by atoms with Gasteiger partial charge >= 0.3 is 5.97 Å². The summed E-state index contributed by atoms with van der Waals surface area (Å²) >= 11 is 1.18. The number of hydrogen-bond donors (Lipinski definition) is 1. The van der Waals surface area contributed by atoms with Gasteiger partial charge in [0.25, 0.3) is 5.91 Å². The Hall–Kier alpha value is -3.13. The van der Waals surface area contributed by atoms with Gasteiger partial charge in [-0.3, -0.25) is 4.79 Å². The van der Waals surface area contributed by atoms with Crippen molar-refractivity contribution < 1.29 is 23.1 Å². The molecule has 8 heteroatoms. The minimum atomic E-state index is -0.762. The van der Waals surface area contributed by atoms with Crippen LogP contribution in [0.25, 0.3) is 11.3 Å². The topological polar surface area (TPSA) is 68.3 Å². The second-order valence-electron chi connectivity index (χ2n) is 6.31. The van der Waals surface area contributed by atoms with Crippen molar-refractivity contribution in [1.29, 1.82) is 0 Å². The van der Waals surface area contributed by atoms with Crippen molar-refractivity contribution >= 4 is 23.2 Å². The summed E-state index contributed by atoms with van der Waals surface area (Å²) in [6, 6.07) is 11.6. The standard InChI is InChI=1S/C21H18F2N2O3S/c1-12(16-9-8-15(22)10-17(16)23)24-18(26)11-28-21(27)20-19(25-13(2)29-20)14-6-4-3-5-7-14/h3-10,12H,11H2,1-2H3,(H,24,26)/t12-/m0/s1. The molecule has 1 aromatic heterocycles. The van der Waals surface area contributed by atoms with Crippen LogP contribution in [0.4, 0.5) is 8.78 Å². The zero-order valence-corrected chi connectivity index (χ0v) is 16.6. The third kappa shape index (κ3) is 5.03. The summed E-state index contributed by atoms with van der Waals surface area (Å²) in [6.45, 7) is 2.80. The molecule has 0 aliphatic heterocycles. The monoisotopic (exact) mass is 416 g/mol. The molecular weight excluding hydrogens is 398 g/mol. The molecule has 5 nitrogen and oxygen atoms in total. The molecule has 150 valence electrons. The van der Waals surface area contributed by atoms with Gasteiger partial charge in [0, 0.05) is 17.2 Å². The van der Waals surface area contributed by atoms with Crippen LogP contribution in [0.5, 0.6) is 0 Å². The molecule has 1 N–H and O–H groups in total. The molecule has 1 heterocycles. The van der Waals surface area contributed by atoms with E-state index in [2.05, 4.69) is 10.3 Å². The second-order valence-corrected chi connectivity index (χ2v) is 7.51. The van der Waals surface area contributed by atoms with Crippen molar-refractivity contribution in [3.05, 3.63) is 75.6 Å². The van der Waals surface area contributed by atoms with Crippen LogP contribution < -0.4 is 5.32 Å². The van der Waals surface area contributed by atoms with E-state index in [1.807, 2.05) is 30.3 Å². The Kier molecular flexibility index (Phi) is 6.33. The summed E-state index contributed by atoms with van der Waals surface area (Å²) in [5.41, 5.74) is 1.41. The molecule has 2 aromatic carbocycles. The lowest BCUT2D eigenvalue weighted by Gasteiger charge is -2.15. The molecule has 3 rings (SSSR count). The Labute approximate surface area is 170 Å². The summed E-state index contributed by atoms with van der Waals surface area (Å²) in [5, 5.41) is 3.22. The predicted molar refractivity (Wildman–Crippen MR) is 105 cm³/mol. The normalized spacial score (nSPS) is 11.7. The number of esters is 1. The van der Waals surface area contributed by atoms with Crippen molar-refractivity contribution in [2.45, 2.75) is 19.9 Å². The lowest BCUT2D eigenvalue weighted by Crippen LogP contribution is -2.31. The summed E-state index contributed by atoms with van der Waals surface area (Å²) in [6.07, 6.45) is 0. The first-order valence-electron chi connectivity index (χ1n) is 8.79. The van der Waals surface area contributed by atoms with Gasteiger partial charge in [0.05, 0.1) is 16.7 Å². The van der Waals surface area contributed by atoms with Crippen LogP contribution in [0.2, 0.25) is 0 Å². The van der Waals surface area contributed by atoms with Gasteiger partial charge in [-0.2, -0.15) is 0 Å². The third-order valence-electron chi connectivity index (χ3n) is 4.11. The molecule has 0 saturated heterocycles. The fourth-order valence-corrected chi connectivity index (χ4v) is 3.60. The molecular formula is C21H18F2N2O3S. The number of aromatic nitrogens is 1. The van der Waals surface area contributed by atoms with E-state index in [0.29, 0.717) is 15.6 Å². The number of thiazole rings is 1. The first kappa shape index (κ1) is 20.6. The highest BCUT2D eigenvalue weighted by Crippen LogP contribution is 2.28. The third-order valence-corrected chi connectivity index (χ3v) is 5.06. The molecule has 0 unspecified atom stereocenters. The van der Waals surface area contributed by atoms with E-state index >= 15 is 0 Å². The molecule has 29 heavy (non-hydrogen) atoms. The van der Waals surface area contributed by atoms with E-state index in [1.54, 1.807) is 13.8 Å². The number of ether oxygens (including phenoxy) is 1. The average Bonchev–Trinajstić information content (AvgIpc) is 3.08. The number of amides is 1. The Morgan fingerprint density at radius 3 is 2.59 bits per heavy atom. The van der Waals surface area contributed by atoms with Gasteiger partial charge in [0.1, 0.15) is 16.5 Å². The summed E-state index contributed by atoms with van der Waals surface area (Å²) in [5.74, 6) is -2.72. The maximum absolute atomic E-state index is 13.8. The van der Waals surface area contributed by atoms with Gasteiger partial charge in [0.2, 0.25) is 0 Å². The van der Waals surface area contributed by atoms with Crippen molar-refractivity contribution in [3.8, 4) is 11.3 Å². The van der Waals surface area contributed by atoms with E-state index < -0.39 is 36.2 Å². The Balaban J connectivity index is 1.63. The van der Waals surface area contributed by atoms with Crippen LogP contribution in [-0.2, 0) is 9.53 Å². The number of benzene rings is 2. The van der Waals surface area contributed by atoms with E-state index in [-0.39, 0.29) is 5.56 Å². The van der Waals surface area contributed by atoms with Crippen LogP contribution in [0.1, 0.15) is 33.2 Å². The van der Waals surface area contributed by atoms with E-state index in [4.69, 9.17) is 4.74 Å². The average molecular weight is 416 g/mol. The number of aryl methyl sites for hydroxylation is 1. The number of hydrogen-bond acceptors (Lipinski definition) is 5. The van der Waals surface area contributed by atoms with Gasteiger partial charge in [-0.15, -0.1) is 11.3 Å². The Morgan fingerprint density at radius 1 is 1.17 bits per heavy atom. The van der Waals surface area contributed by atoms with Gasteiger partial charge in [-0.1, -0.05) is 36.4 Å². The van der Waals surface area contributed by atoms with Crippen LogP contribution in [0.15, 0.2) is 48.5 Å². The maximum Gasteiger partial charge on any atom is 0.351 e. The fraction of sp³-hybridized carbons (Fsp3) is 0.190. The molecule has 3 aromatic rings. The Morgan fingerprint density at radius 2 is 1.90 bits per heavy atom. The molecule has 0 spiro atoms. The summed E-state index contributed by atoms with van der Waals surface area (Å²) < 4.78 is 31.9. The molecule has 0 bridgehead atoms. The first-order chi connectivity index (χ1) is 13.8. The number of rotatable bonds is 6. The molecule has 0 saturated carbocycles. The van der Waals surface area contributed by atoms with E-state index in [9.17, 15) is 18.4 Å². The van der Waals surface area contributed by atoms with E-state index in [0.717, 1.165) is 17.7 Å². The van der Waals surface area contributed by atoms with Crippen molar-refractivity contribution in [1.82, 2.24) is 10.3 Å². The van der Waals surface area contributed by atoms with Crippen LogP contribution in [-0.4, -0.2) is 23.5 Å². The molecule has 0 fully saturated rings. The second kappa shape index (κ2) is 8.91. The molecule has 0 aliphatic rings. The molecule has 1 atom stereocenters. The first-order valence-corrected chi connectivity index (χ1v) is 9.61. The van der Waals surface area contributed by atoms with Crippen molar-refractivity contribution in [2.24, 2.45) is 0 Å². The zero-order valence-electron chi connectivity index (χ0n) is 15.7. The van der Waals surface area contributed by atoms with Crippen LogP contribution in [0, 0.1) is 18.6 Å². The quantitative estimate of drug-likeness (QED) is 0.604. The number of carbonyl (C=O) groups is 2. The minimum absolute atomic E-state index is 0.135. The number of carbonyl (C=O) groups excluding carboxylic acids is 2. The smallest absolute Gasteiger partial charge is 0.351 e. The van der Waals surface area contributed by atoms with Gasteiger partial charge < -0.3 is 10.1 Å². The highest BCUT2D eigenvalue weighted by Gasteiger charge is 2.21. The predicted octanol–water partition coefficient (Wildman–Crippen LogP) is 4.43. The molecule has 1 amide bonds. The van der Waals surface area contributed by atoms with Crippen molar-refractivity contribution in [3.63, 3.8) is 0 Å². The minimum Gasteiger partial charge on any atom is -0.451 e. The molecule has 0 radical (unpaired) electrons. The highest BCUT2D eigenvalue weighted by atomic mass is 32.1. The largest absolute Gasteiger partial charge is 0.451 e. The summed E-state index contributed by atoms with van der Waals surface area (Å²) in [4.78, 5) is 29.3. The van der Waals surface area contributed by atoms with Gasteiger partial charge in [0.15, 0.2) is 6.61 Å².